The van der Waals surface area contributed by atoms with Gasteiger partial charge in [0.05, 0.1) is 6.04 Å². The zero-order valence-corrected chi connectivity index (χ0v) is 8.38. The van der Waals surface area contributed by atoms with Crippen molar-refractivity contribution in [1.29, 1.82) is 0 Å². The van der Waals surface area contributed by atoms with Crippen LogP contribution in [0.2, 0.25) is 0 Å². The predicted octanol–water partition coefficient (Wildman–Crippen LogP) is 1.03. The maximum atomic E-state index is 11.3. The molecule has 0 saturated heterocycles. The van der Waals surface area contributed by atoms with Gasteiger partial charge in [0.2, 0.25) is 5.91 Å². The maximum absolute atomic E-state index is 11.3. The average molecular weight is 184 g/mol. The lowest BCUT2D eigenvalue weighted by molar-refractivity contribution is -0.122. The highest BCUT2D eigenvalue weighted by Crippen LogP contribution is 2.25. The molecule has 0 radical (unpaired) electrons. The third-order valence-electron chi connectivity index (χ3n) is 2.73. The first-order valence-electron chi connectivity index (χ1n) is 5.27. The molecule has 1 atom stereocenters. The highest BCUT2D eigenvalue weighted by atomic mass is 16.2. The van der Waals surface area contributed by atoms with E-state index in [-0.39, 0.29) is 11.9 Å². The van der Waals surface area contributed by atoms with Gasteiger partial charge in [0.1, 0.15) is 0 Å². The molecule has 1 unspecified atom stereocenters. The Balaban J connectivity index is 2.08. The number of nitrogens with one attached hydrogen (secondary N) is 1. The number of amides is 1. The highest BCUT2D eigenvalue weighted by molar-refractivity contribution is 5.81. The van der Waals surface area contributed by atoms with Gasteiger partial charge in [-0.15, -0.1) is 0 Å². The van der Waals surface area contributed by atoms with Crippen LogP contribution in [0.3, 0.4) is 0 Å². The lowest BCUT2D eigenvalue weighted by Crippen LogP contribution is -2.43. The number of hydrogen-bond acceptors (Lipinski definition) is 2. The molecule has 3 nitrogen and oxygen atoms in total. The molecule has 0 aromatic carbocycles. The fourth-order valence-electron chi connectivity index (χ4n) is 1.52. The summed E-state index contributed by atoms with van der Waals surface area (Å²) in [7, 11) is 0. The Morgan fingerprint density at radius 1 is 1.62 bits per heavy atom. The highest BCUT2D eigenvalue weighted by Gasteiger charge is 2.19. The van der Waals surface area contributed by atoms with Crippen molar-refractivity contribution in [1.82, 2.24) is 5.32 Å². The van der Waals surface area contributed by atoms with Gasteiger partial charge in [0.15, 0.2) is 0 Å². The quantitative estimate of drug-likeness (QED) is 0.670. The Kier molecular flexibility index (Phi) is 4.22. The third kappa shape index (κ3) is 3.35. The zero-order valence-electron chi connectivity index (χ0n) is 8.38. The molecule has 0 aromatic heterocycles. The number of rotatable bonds is 5. The van der Waals surface area contributed by atoms with Crippen LogP contribution in [0.15, 0.2) is 0 Å². The summed E-state index contributed by atoms with van der Waals surface area (Å²) in [6.45, 7) is 2.87. The normalized spacial score (nSPS) is 19.2. The summed E-state index contributed by atoms with van der Waals surface area (Å²) in [6, 6.07) is -0.301. The van der Waals surface area contributed by atoms with Crippen LogP contribution in [-0.2, 0) is 4.79 Å². The first-order chi connectivity index (χ1) is 6.24. The molecule has 76 valence electrons. The molecule has 1 fully saturated rings. The Morgan fingerprint density at radius 2 is 2.31 bits per heavy atom. The summed E-state index contributed by atoms with van der Waals surface area (Å²) >= 11 is 0. The molecule has 0 aromatic rings. The van der Waals surface area contributed by atoms with Crippen molar-refractivity contribution in [3.05, 3.63) is 0 Å². The molecule has 1 rings (SSSR count). The van der Waals surface area contributed by atoms with E-state index in [1.807, 2.05) is 6.92 Å². The summed E-state index contributed by atoms with van der Waals surface area (Å²) in [4.78, 5) is 11.3. The Hall–Kier alpha value is -0.570. The molecule has 0 aliphatic heterocycles. The SMILES string of the molecule is CCCC(N)C(=O)NCC1CCC1. The minimum absolute atomic E-state index is 0.0220. The molecular formula is C10H20N2O. The summed E-state index contributed by atoms with van der Waals surface area (Å²) in [5, 5.41) is 2.91. The van der Waals surface area contributed by atoms with Gasteiger partial charge in [0, 0.05) is 6.54 Å². The first-order valence-corrected chi connectivity index (χ1v) is 5.27. The standard InChI is InChI=1S/C10H20N2O/c1-2-4-9(11)10(13)12-7-8-5-3-6-8/h8-9H,2-7,11H2,1H3,(H,12,13). The van der Waals surface area contributed by atoms with Gasteiger partial charge in [-0.3, -0.25) is 4.79 Å². The van der Waals surface area contributed by atoms with Crippen LogP contribution in [0, 0.1) is 5.92 Å². The Bertz CT molecular complexity index is 166. The second-order valence-corrected chi connectivity index (χ2v) is 3.94. The van der Waals surface area contributed by atoms with Gasteiger partial charge in [-0.25, -0.2) is 0 Å². The van der Waals surface area contributed by atoms with E-state index >= 15 is 0 Å². The second kappa shape index (κ2) is 5.22. The van der Waals surface area contributed by atoms with E-state index in [0.717, 1.165) is 25.3 Å². The molecule has 1 aliphatic carbocycles. The van der Waals surface area contributed by atoms with Crippen molar-refractivity contribution in [2.45, 2.75) is 45.1 Å². The van der Waals surface area contributed by atoms with Crippen LogP contribution >= 0.6 is 0 Å². The van der Waals surface area contributed by atoms with Crippen LogP contribution in [0.5, 0.6) is 0 Å². The van der Waals surface area contributed by atoms with Crippen molar-refractivity contribution >= 4 is 5.91 Å². The smallest absolute Gasteiger partial charge is 0.236 e. The molecule has 1 saturated carbocycles. The van der Waals surface area contributed by atoms with E-state index < -0.39 is 0 Å². The van der Waals surface area contributed by atoms with E-state index in [0.29, 0.717) is 0 Å². The van der Waals surface area contributed by atoms with Crippen LogP contribution in [0.25, 0.3) is 0 Å². The predicted molar refractivity (Wildman–Crippen MR) is 53.2 cm³/mol. The minimum atomic E-state index is -0.301. The van der Waals surface area contributed by atoms with Crippen LogP contribution in [0.4, 0.5) is 0 Å². The fourth-order valence-corrected chi connectivity index (χ4v) is 1.52. The first kappa shape index (κ1) is 10.5. The molecule has 1 aliphatic rings. The van der Waals surface area contributed by atoms with Gasteiger partial charge in [-0.05, 0) is 25.2 Å². The van der Waals surface area contributed by atoms with Crippen molar-refractivity contribution in [2.75, 3.05) is 6.54 Å². The summed E-state index contributed by atoms with van der Waals surface area (Å²) in [5.74, 6) is 0.742. The van der Waals surface area contributed by atoms with Gasteiger partial charge in [-0.1, -0.05) is 19.8 Å². The van der Waals surface area contributed by atoms with E-state index in [4.69, 9.17) is 5.73 Å². The summed E-state index contributed by atoms with van der Waals surface area (Å²) in [6.07, 6.45) is 5.61. The number of hydrogen-bond donors (Lipinski definition) is 2. The molecule has 0 spiro atoms. The molecular weight excluding hydrogens is 164 g/mol. The van der Waals surface area contributed by atoms with E-state index in [1.54, 1.807) is 0 Å². The summed E-state index contributed by atoms with van der Waals surface area (Å²) < 4.78 is 0. The molecule has 3 N–H and O–H groups in total. The van der Waals surface area contributed by atoms with Gasteiger partial charge in [0.25, 0.3) is 0 Å². The monoisotopic (exact) mass is 184 g/mol. The van der Waals surface area contributed by atoms with E-state index in [2.05, 4.69) is 5.32 Å². The van der Waals surface area contributed by atoms with Crippen molar-refractivity contribution < 1.29 is 4.79 Å². The minimum Gasteiger partial charge on any atom is -0.354 e. The van der Waals surface area contributed by atoms with E-state index in [9.17, 15) is 4.79 Å². The van der Waals surface area contributed by atoms with E-state index in [1.165, 1.54) is 19.3 Å². The van der Waals surface area contributed by atoms with Gasteiger partial charge in [-0.2, -0.15) is 0 Å². The second-order valence-electron chi connectivity index (χ2n) is 3.94. The molecule has 0 heterocycles. The largest absolute Gasteiger partial charge is 0.354 e. The number of carbonyl (C=O) groups excluding carboxylic acids is 1. The zero-order chi connectivity index (χ0) is 9.68. The van der Waals surface area contributed by atoms with Crippen LogP contribution in [-0.4, -0.2) is 18.5 Å². The number of nitrogens with two attached hydrogens (primary N) is 1. The topological polar surface area (TPSA) is 55.1 Å². The molecule has 0 bridgehead atoms. The molecule has 13 heavy (non-hydrogen) atoms. The summed E-state index contributed by atoms with van der Waals surface area (Å²) in [5.41, 5.74) is 5.66. The van der Waals surface area contributed by atoms with Crippen LogP contribution < -0.4 is 11.1 Å². The molecule has 3 heteroatoms. The molecule has 1 amide bonds. The van der Waals surface area contributed by atoms with Crippen molar-refractivity contribution in [3.8, 4) is 0 Å². The maximum Gasteiger partial charge on any atom is 0.236 e. The van der Waals surface area contributed by atoms with Crippen molar-refractivity contribution in [3.63, 3.8) is 0 Å². The third-order valence-corrected chi connectivity index (χ3v) is 2.73. The van der Waals surface area contributed by atoms with Gasteiger partial charge < -0.3 is 11.1 Å². The lowest BCUT2D eigenvalue weighted by atomic mass is 9.85. The Morgan fingerprint density at radius 3 is 2.77 bits per heavy atom. The average Bonchev–Trinajstić information content (AvgIpc) is 2.01. The van der Waals surface area contributed by atoms with Gasteiger partial charge >= 0.3 is 0 Å². The van der Waals surface area contributed by atoms with Crippen LogP contribution in [0.1, 0.15) is 39.0 Å². The number of carbonyl (C=O) groups is 1. The fraction of sp³-hybridized carbons (Fsp3) is 0.900. The lowest BCUT2D eigenvalue weighted by Gasteiger charge is -2.26. The van der Waals surface area contributed by atoms with Crippen molar-refractivity contribution in [2.24, 2.45) is 11.7 Å². The Labute approximate surface area is 80.1 Å².